The normalized spacial score (nSPS) is 12.0. The number of fused-ring (bicyclic) bond motifs is 4. The fourth-order valence-electron chi connectivity index (χ4n) is 12.3. The maximum absolute atomic E-state index is 10.6. The van der Waals surface area contributed by atoms with Crippen LogP contribution in [0.3, 0.4) is 0 Å². The van der Waals surface area contributed by atoms with E-state index in [1.165, 1.54) is 0 Å². The Kier molecular flexibility index (Phi) is 13.1. The predicted octanol–water partition coefficient (Wildman–Crippen LogP) is 20.0. The maximum atomic E-state index is 10.6. The third kappa shape index (κ3) is 9.10. The van der Waals surface area contributed by atoms with Crippen LogP contribution >= 0.6 is 0 Å². The second-order valence-electron chi connectivity index (χ2n) is 21.3. The van der Waals surface area contributed by atoms with Crippen molar-refractivity contribution < 1.29 is 0 Å². The first kappa shape index (κ1) is 52.1. The van der Waals surface area contributed by atoms with Gasteiger partial charge in [-0.15, -0.1) is 0 Å². The molecule has 0 aliphatic carbocycles. The van der Waals surface area contributed by atoms with Gasteiger partial charge in [0.05, 0.1) is 91.8 Å². The van der Waals surface area contributed by atoms with Crippen LogP contribution in [0.5, 0.6) is 0 Å². The molecule has 0 unspecified atom stereocenters. The van der Waals surface area contributed by atoms with Crippen molar-refractivity contribution in [2.45, 2.75) is 0 Å². The number of anilines is 12. The Morgan fingerprint density at radius 2 is 0.580 bits per heavy atom. The van der Waals surface area contributed by atoms with Crippen molar-refractivity contribution in [1.29, 1.82) is 15.8 Å². The van der Waals surface area contributed by atoms with Crippen LogP contribution in [0.4, 0.5) is 68.2 Å². The zero-order valence-corrected chi connectivity index (χ0v) is 47.2. The smallest absolute Gasteiger partial charge is 0.166 e. The summed E-state index contributed by atoms with van der Waals surface area (Å²) in [6.07, 6.45) is 0. The highest BCUT2D eigenvalue weighted by molar-refractivity contribution is 6.06. The highest BCUT2D eigenvalue weighted by atomic mass is 15.3. The van der Waals surface area contributed by atoms with Crippen LogP contribution < -0.4 is 19.6 Å². The topological polar surface area (TPSA) is 123 Å². The molecule has 0 radical (unpaired) electrons. The molecule has 0 spiro atoms. The zero-order valence-electron chi connectivity index (χ0n) is 47.2. The van der Waals surface area contributed by atoms with Crippen molar-refractivity contribution in [2.75, 3.05) is 19.6 Å². The second-order valence-corrected chi connectivity index (χ2v) is 21.3. The summed E-state index contributed by atoms with van der Waals surface area (Å²) < 4.78 is 0. The van der Waals surface area contributed by atoms with Gasteiger partial charge in [-0.3, -0.25) is 0 Å². The number of hydrogen-bond acceptors (Lipinski definition) is 10. The first-order valence-electron chi connectivity index (χ1n) is 28.9. The monoisotopic (exact) mass is 1120 g/mol. The molecule has 0 amide bonds. The number of nitrogens with zero attached hydrogens (tertiary/aromatic N) is 10. The first-order chi connectivity index (χ1) is 43.5. The number of benzene rings is 12. The van der Waals surface area contributed by atoms with E-state index in [1.807, 2.05) is 109 Å². The summed E-state index contributed by atoms with van der Waals surface area (Å²) in [6, 6.07) is 105. The number of hydrogen-bond donors (Lipinski definition) is 0. The summed E-state index contributed by atoms with van der Waals surface area (Å²) in [4.78, 5) is 26.0. The van der Waals surface area contributed by atoms with Crippen LogP contribution in [-0.4, -0.2) is 15.0 Å². The fraction of sp³-hybridized carbons (Fsp3) is 0. The molecule has 0 saturated heterocycles. The molecule has 13 aromatic rings. The van der Waals surface area contributed by atoms with E-state index in [2.05, 4.69) is 214 Å². The number of para-hydroxylation sites is 10. The van der Waals surface area contributed by atoms with Crippen molar-refractivity contribution >= 4 is 68.2 Å². The molecule has 88 heavy (non-hydrogen) atoms. The molecule has 0 N–H and O–H groups in total. The van der Waals surface area contributed by atoms with Gasteiger partial charge in [-0.05, 0) is 161 Å². The Balaban J connectivity index is 1.02. The number of nitriles is 3. The van der Waals surface area contributed by atoms with Crippen LogP contribution in [0.25, 0.3) is 67.5 Å². The van der Waals surface area contributed by atoms with E-state index in [0.29, 0.717) is 45.3 Å². The van der Waals surface area contributed by atoms with Crippen LogP contribution in [0.1, 0.15) is 16.7 Å². The molecular formula is C78H48N10. The summed E-state index contributed by atoms with van der Waals surface area (Å²) in [5.74, 6) is 1.20. The van der Waals surface area contributed by atoms with E-state index in [9.17, 15) is 15.8 Å². The quantitative estimate of drug-likeness (QED) is 0.131. The molecule has 1 aromatic heterocycles. The van der Waals surface area contributed by atoms with Gasteiger partial charge in [0.25, 0.3) is 0 Å². The molecule has 0 bridgehead atoms. The highest BCUT2D eigenvalue weighted by Crippen LogP contribution is 2.58. The lowest BCUT2D eigenvalue weighted by atomic mass is 9.95. The van der Waals surface area contributed by atoms with E-state index in [1.54, 1.807) is 6.07 Å². The van der Waals surface area contributed by atoms with E-state index in [0.717, 1.165) is 107 Å². The first-order valence-corrected chi connectivity index (χ1v) is 28.9. The molecule has 12 aromatic carbocycles. The Morgan fingerprint density at radius 1 is 0.227 bits per heavy atom. The molecule has 10 heteroatoms. The van der Waals surface area contributed by atoms with Gasteiger partial charge in [-0.25, -0.2) is 15.0 Å². The second kappa shape index (κ2) is 22.1. The summed E-state index contributed by atoms with van der Waals surface area (Å²) in [5.41, 5.74) is 19.9. The zero-order chi connectivity index (χ0) is 59.1. The lowest BCUT2D eigenvalue weighted by Crippen LogP contribution is -2.24. The largest absolute Gasteiger partial charge is 0.306 e. The highest BCUT2D eigenvalue weighted by Gasteiger charge is 2.35. The third-order valence-electron chi connectivity index (χ3n) is 16.2. The molecule has 15 rings (SSSR count). The minimum Gasteiger partial charge on any atom is -0.306 e. The van der Waals surface area contributed by atoms with Crippen molar-refractivity contribution in [3.05, 3.63) is 308 Å². The van der Waals surface area contributed by atoms with Crippen LogP contribution in [0, 0.1) is 34.0 Å². The summed E-state index contributed by atoms with van der Waals surface area (Å²) in [5, 5.41) is 31.2. The van der Waals surface area contributed by atoms with Gasteiger partial charge in [0.1, 0.15) is 0 Å². The standard InChI is InChI=1S/C78H48N10/c79-49-52-21-19-24-53(45-52)54-25-20-26-57(46-54)76-82-77(64-43-41-55(62-31-9-7-22-58(62)50-80)47-74(64)87-70-37-15-11-33-66(70)85(60-27-3-1-4-28-60)67-34-12-16-38-71(67)87)84-78(83-76)65-44-42-56(63-32-10-8-23-59(63)51-81)48-75(65)88-72-39-17-13-35-68(72)86(61-29-5-2-6-30-61)69-36-14-18-40-73(69)88/h1-48H. The lowest BCUT2D eigenvalue weighted by molar-refractivity contribution is 1.07. The van der Waals surface area contributed by atoms with Crippen molar-refractivity contribution in [2.24, 2.45) is 0 Å². The molecular weight excluding hydrogens is 1080 g/mol. The molecule has 0 atom stereocenters. The van der Waals surface area contributed by atoms with E-state index >= 15 is 0 Å². The van der Waals surface area contributed by atoms with Gasteiger partial charge >= 0.3 is 0 Å². The minimum atomic E-state index is 0.395. The van der Waals surface area contributed by atoms with Crippen molar-refractivity contribution in [1.82, 2.24) is 15.0 Å². The average molecular weight is 1130 g/mol. The minimum absolute atomic E-state index is 0.395. The van der Waals surface area contributed by atoms with Crippen molar-refractivity contribution in [3.63, 3.8) is 0 Å². The van der Waals surface area contributed by atoms with Crippen LogP contribution in [0.15, 0.2) is 291 Å². The number of rotatable bonds is 10. The predicted molar refractivity (Wildman–Crippen MR) is 352 cm³/mol. The van der Waals surface area contributed by atoms with E-state index in [4.69, 9.17) is 15.0 Å². The number of aromatic nitrogens is 3. The molecule has 410 valence electrons. The third-order valence-corrected chi connectivity index (χ3v) is 16.2. The van der Waals surface area contributed by atoms with Crippen LogP contribution in [-0.2, 0) is 0 Å². The molecule has 3 heterocycles. The molecule has 2 aliphatic rings. The maximum Gasteiger partial charge on any atom is 0.166 e. The summed E-state index contributed by atoms with van der Waals surface area (Å²) in [6.45, 7) is 0. The Hall–Kier alpha value is -12.7. The van der Waals surface area contributed by atoms with Gasteiger partial charge < -0.3 is 19.6 Å². The SMILES string of the molecule is N#Cc1cccc(-c2cccc(-c3nc(-c4ccc(-c5ccccc5C#N)cc4N4c5ccccc5N(c5ccccc5)c5ccccc54)nc(-c4ccc(-c5ccccc5C#N)cc4N4c5ccccc5N(c5ccccc5)c5ccccc54)n3)c2)c1. The van der Waals surface area contributed by atoms with E-state index < -0.39 is 0 Å². The Labute approximate surface area is 509 Å². The molecule has 0 saturated carbocycles. The Morgan fingerprint density at radius 3 is 1.00 bits per heavy atom. The summed E-state index contributed by atoms with van der Waals surface area (Å²) >= 11 is 0. The lowest BCUT2D eigenvalue weighted by Gasteiger charge is -2.41. The van der Waals surface area contributed by atoms with Crippen molar-refractivity contribution in [3.8, 4) is 85.8 Å². The molecule has 10 nitrogen and oxygen atoms in total. The fourth-order valence-corrected chi connectivity index (χ4v) is 12.3. The molecule has 2 aliphatic heterocycles. The van der Waals surface area contributed by atoms with Gasteiger partial charge in [-0.2, -0.15) is 15.8 Å². The van der Waals surface area contributed by atoms with Gasteiger partial charge in [-0.1, -0.05) is 164 Å². The van der Waals surface area contributed by atoms with Gasteiger partial charge in [0.2, 0.25) is 0 Å². The molecule has 0 fully saturated rings. The van der Waals surface area contributed by atoms with Gasteiger partial charge in [0, 0.05) is 28.1 Å². The average Bonchev–Trinajstić information content (AvgIpc) is 0.853. The Bertz CT molecular complexity index is 4660. The van der Waals surface area contributed by atoms with E-state index in [-0.39, 0.29) is 0 Å². The summed E-state index contributed by atoms with van der Waals surface area (Å²) in [7, 11) is 0. The van der Waals surface area contributed by atoms with Gasteiger partial charge in [0.15, 0.2) is 17.5 Å². The van der Waals surface area contributed by atoms with Crippen LogP contribution in [0.2, 0.25) is 0 Å².